The van der Waals surface area contributed by atoms with Crippen molar-refractivity contribution in [3.05, 3.63) is 35.4 Å². The summed E-state index contributed by atoms with van der Waals surface area (Å²) in [4.78, 5) is 36.2. The maximum absolute atomic E-state index is 13.0. The first-order chi connectivity index (χ1) is 10.9. The van der Waals surface area contributed by atoms with Crippen molar-refractivity contribution >= 4 is 17.8 Å². The smallest absolute Gasteiger partial charge is 0.338 e. The molecule has 126 valence electrons. The highest BCUT2D eigenvalue weighted by atomic mass is 19.1. The molecule has 0 saturated heterocycles. The SMILES string of the molecule is CCNC(=O)CN(CC)C(=O)COC(=O)c1cc(F)cc(F)c1. The molecule has 0 spiro atoms. The van der Waals surface area contributed by atoms with E-state index in [1.807, 2.05) is 0 Å². The van der Waals surface area contributed by atoms with Gasteiger partial charge in [-0.25, -0.2) is 13.6 Å². The van der Waals surface area contributed by atoms with E-state index in [0.717, 1.165) is 12.1 Å². The van der Waals surface area contributed by atoms with Gasteiger partial charge in [0.05, 0.1) is 12.1 Å². The third kappa shape index (κ3) is 6.01. The number of esters is 1. The van der Waals surface area contributed by atoms with Crippen LogP contribution in [0.3, 0.4) is 0 Å². The van der Waals surface area contributed by atoms with Gasteiger partial charge in [0.25, 0.3) is 5.91 Å². The molecule has 0 aliphatic heterocycles. The van der Waals surface area contributed by atoms with Crippen LogP contribution < -0.4 is 5.32 Å². The fourth-order valence-electron chi connectivity index (χ4n) is 1.78. The largest absolute Gasteiger partial charge is 0.452 e. The minimum atomic E-state index is -1.02. The summed E-state index contributed by atoms with van der Waals surface area (Å²) in [5.41, 5.74) is -0.331. The second-order valence-corrected chi connectivity index (χ2v) is 4.60. The van der Waals surface area contributed by atoms with E-state index in [9.17, 15) is 23.2 Å². The molecule has 1 aromatic carbocycles. The average molecular weight is 328 g/mol. The highest BCUT2D eigenvalue weighted by Gasteiger charge is 2.18. The lowest BCUT2D eigenvalue weighted by molar-refractivity contribution is -0.138. The Hall–Kier alpha value is -2.51. The van der Waals surface area contributed by atoms with Gasteiger partial charge in [0.1, 0.15) is 11.6 Å². The van der Waals surface area contributed by atoms with Crippen molar-refractivity contribution in [1.29, 1.82) is 0 Å². The van der Waals surface area contributed by atoms with E-state index in [1.165, 1.54) is 4.90 Å². The standard InChI is InChI=1S/C15H18F2N2O4/c1-3-18-13(20)8-19(4-2)14(21)9-23-15(22)10-5-11(16)7-12(17)6-10/h5-7H,3-4,8-9H2,1-2H3,(H,18,20). The second kappa shape index (κ2) is 8.82. The number of carbonyl (C=O) groups excluding carboxylic acids is 3. The summed E-state index contributed by atoms with van der Waals surface area (Å²) < 4.78 is 30.8. The molecule has 1 N–H and O–H groups in total. The van der Waals surface area contributed by atoms with Gasteiger partial charge in [-0.05, 0) is 26.0 Å². The molecular formula is C15H18F2N2O4. The van der Waals surface area contributed by atoms with E-state index in [0.29, 0.717) is 12.6 Å². The van der Waals surface area contributed by atoms with Crippen LogP contribution in [0.15, 0.2) is 18.2 Å². The average Bonchev–Trinajstić information content (AvgIpc) is 2.49. The zero-order chi connectivity index (χ0) is 17.4. The van der Waals surface area contributed by atoms with Gasteiger partial charge in [0.2, 0.25) is 5.91 Å². The number of rotatable bonds is 7. The molecule has 0 unspecified atom stereocenters. The molecule has 6 nitrogen and oxygen atoms in total. The number of ether oxygens (including phenoxy) is 1. The monoisotopic (exact) mass is 328 g/mol. The van der Waals surface area contributed by atoms with Crippen LogP contribution in [0.4, 0.5) is 8.78 Å². The Bertz CT molecular complexity index is 573. The lowest BCUT2D eigenvalue weighted by Gasteiger charge is -2.20. The number of likely N-dealkylation sites (N-methyl/N-ethyl adjacent to an activating group) is 2. The zero-order valence-corrected chi connectivity index (χ0v) is 12.9. The number of halogens is 2. The van der Waals surface area contributed by atoms with Gasteiger partial charge in [0, 0.05) is 19.2 Å². The molecule has 0 saturated carbocycles. The molecule has 1 aromatic rings. The number of nitrogens with zero attached hydrogens (tertiary/aromatic N) is 1. The lowest BCUT2D eigenvalue weighted by Crippen LogP contribution is -2.42. The fraction of sp³-hybridized carbons (Fsp3) is 0.400. The van der Waals surface area contributed by atoms with Crippen molar-refractivity contribution in [1.82, 2.24) is 10.2 Å². The number of nitrogens with one attached hydrogen (secondary N) is 1. The number of hydrogen-bond donors (Lipinski definition) is 1. The molecule has 0 aliphatic carbocycles. The van der Waals surface area contributed by atoms with Crippen LogP contribution >= 0.6 is 0 Å². The van der Waals surface area contributed by atoms with Crippen LogP contribution in [0.1, 0.15) is 24.2 Å². The normalized spacial score (nSPS) is 10.1. The molecule has 2 amide bonds. The third-order valence-electron chi connectivity index (χ3n) is 2.87. The number of carbonyl (C=O) groups is 3. The third-order valence-corrected chi connectivity index (χ3v) is 2.87. The Labute approximate surface area is 132 Å². The number of hydrogen-bond acceptors (Lipinski definition) is 4. The van der Waals surface area contributed by atoms with Crippen LogP contribution in [0.2, 0.25) is 0 Å². The predicted molar refractivity (Wildman–Crippen MR) is 77.6 cm³/mol. The van der Waals surface area contributed by atoms with Crippen LogP contribution in [-0.4, -0.2) is 48.9 Å². The minimum absolute atomic E-state index is 0.157. The van der Waals surface area contributed by atoms with Gasteiger partial charge in [-0.2, -0.15) is 0 Å². The predicted octanol–water partition coefficient (Wildman–Crippen LogP) is 1.11. The molecule has 0 bridgehead atoms. The van der Waals surface area contributed by atoms with Crippen LogP contribution in [0, 0.1) is 11.6 Å². The summed E-state index contributed by atoms with van der Waals surface area (Å²) in [6.45, 7) is 3.32. The highest BCUT2D eigenvalue weighted by Crippen LogP contribution is 2.09. The van der Waals surface area contributed by atoms with E-state index < -0.39 is 30.1 Å². The quantitative estimate of drug-likeness (QED) is 0.761. The molecule has 0 fully saturated rings. The first-order valence-electron chi connectivity index (χ1n) is 7.05. The second-order valence-electron chi connectivity index (χ2n) is 4.60. The summed E-state index contributed by atoms with van der Waals surface area (Å²) in [6.07, 6.45) is 0. The van der Waals surface area contributed by atoms with Crippen LogP contribution in [-0.2, 0) is 14.3 Å². The molecule has 23 heavy (non-hydrogen) atoms. The molecule has 8 heteroatoms. The van der Waals surface area contributed by atoms with Crippen molar-refractivity contribution in [2.45, 2.75) is 13.8 Å². The maximum Gasteiger partial charge on any atom is 0.338 e. The van der Waals surface area contributed by atoms with Crippen molar-refractivity contribution in [2.24, 2.45) is 0 Å². The molecule has 1 rings (SSSR count). The maximum atomic E-state index is 13.0. The minimum Gasteiger partial charge on any atom is -0.452 e. The van der Waals surface area contributed by atoms with Gasteiger partial charge >= 0.3 is 5.97 Å². The summed E-state index contributed by atoms with van der Waals surface area (Å²) in [5.74, 6) is -3.78. The van der Waals surface area contributed by atoms with Crippen LogP contribution in [0.25, 0.3) is 0 Å². The van der Waals surface area contributed by atoms with Gasteiger partial charge in [0.15, 0.2) is 6.61 Å². The summed E-state index contributed by atoms with van der Waals surface area (Å²) >= 11 is 0. The fourth-order valence-corrected chi connectivity index (χ4v) is 1.78. The van der Waals surface area contributed by atoms with E-state index in [-0.39, 0.29) is 24.6 Å². The molecule has 0 atom stereocenters. The first kappa shape index (κ1) is 18.5. The Balaban J connectivity index is 2.59. The van der Waals surface area contributed by atoms with Gasteiger partial charge in [-0.1, -0.05) is 0 Å². The highest BCUT2D eigenvalue weighted by molar-refractivity contribution is 5.92. The van der Waals surface area contributed by atoms with Crippen molar-refractivity contribution in [3.8, 4) is 0 Å². The lowest BCUT2D eigenvalue weighted by atomic mass is 10.2. The van der Waals surface area contributed by atoms with Gasteiger partial charge < -0.3 is 15.0 Å². The Morgan fingerprint density at radius 3 is 2.26 bits per heavy atom. The molecule has 0 radical (unpaired) electrons. The summed E-state index contributed by atoms with van der Waals surface area (Å²) in [6, 6.07) is 2.23. The van der Waals surface area contributed by atoms with E-state index in [1.54, 1.807) is 13.8 Å². The van der Waals surface area contributed by atoms with Gasteiger partial charge in [-0.15, -0.1) is 0 Å². The van der Waals surface area contributed by atoms with Crippen molar-refractivity contribution < 1.29 is 27.9 Å². The summed E-state index contributed by atoms with van der Waals surface area (Å²) in [7, 11) is 0. The van der Waals surface area contributed by atoms with Gasteiger partial charge in [-0.3, -0.25) is 9.59 Å². The van der Waals surface area contributed by atoms with Crippen LogP contribution in [0.5, 0.6) is 0 Å². The Morgan fingerprint density at radius 2 is 1.74 bits per heavy atom. The molecular weight excluding hydrogens is 310 g/mol. The first-order valence-corrected chi connectivity index (χ1v) is 7.05. The Morgan fingerprint density at radius 1 is 1.13 bits per heavy atom. The number of amides is 2. The zero-order valence-electron chi connectivity index (χ0n) is 12.9. The topological polar surface area (TPSA) is 75.7 Å². The summed E-state index contributed by atoms with van der Waals surface area (Å²) in [5, 5.41) is 2.54. The van der Waals surface area contributed by atoms with Crippen molar-refractivity contribution in [2.75, 3.05) is 26.2 Å². The van der Waals surface area contributed by atoms with E-state index >= 15 is 0 Å². The van der Waals surface area contributed by atoms with E-state index in [2.05, 4.69) is 5.32 Å². The van der Waals surface area contributed by atoms with Crippen molar-refractivity contribution in [3.63, 3.8) is 0 Å². The number of benzene rings is 1. The molecule has 0 aliphatic rings. The molecule has 0 aromatic heterocycles. The van der Waals surface area contributed by atoms with E-state index in [4.69, 9.17) is 4.74 Å². The Kier molecular flexibility index (Phi) is 7.11. The molecule has 0 heterocycles.